The van der Waals surface area contributed by atoms with Crippen LogP contribution in [0.3, 0.4) is 0 Å². The highest BCUT2D eigenvalue weighted by Gasteiger charge is 2.38. The molecule has 2 rings (SSSR count). The monoisotopic (exact) mass is 280 g/mol. The van der Waals surface area contributed by atoms with Gasteiger partial charge in [0, 0.05) is 17.5 Å². The third-order valence-corrected chi connectivity index (χ3v) is 4.93. The van der Waals surface area contributed by atoms with Crippen LogP contribution in [0.4, 0.5) is 0 Å². The number of nitrogens with two attached hydrogens (primary N) is 1. The molecule has 1 aliphatic rings. The summed E-state index contributed by atoms with van der Waals surface area (Å²) < 4.78 is 0. The Labute approximate surface area is 122 Å². The second-order valence-electron chi connectivity index (χ2n) is 6.64. The van der Waals surface area contributed by atoms with Gasteiger partial charge >= 0.3 is 0 Å². The molecule has 0 aliphatic heterocycles. The van der Waals surface area contributed by atoms with Crippen LogP contribution in [0.25, 0.3) is 0 Å². The smallest absolute Gasteiger partial charge is 0.0469 e. The Morgan fingerprint density at radius 3 is 2.68 bits per heavy atom. The average molecular weight is 280 g/mol. The van der Waals surface area contributed by atoms with Crippen molar-refractivity contribution >= 4 is 11.3 Å². The molecule has 2 N–H and O–H groups in total. The Morgan fingerprint density at radius 1 is 1.47 bits per heavy atom. The molecule has 0 radical (unpaired) electrons. The summed E-state index contributed by atoms with van der Waals surface area (Å²) in [6.45, 7) is 9.90. The van der Waals surface area contributed by atoms with Crippen molar-refractivity contribution in [1.29, 1.82) is 0 Å². The molecule has 0 aromatic carbocycles. The zero-order valence-electron chi connectivity index (χ0n) is 12.6. The molecule has 1 aliphatic carbocycles. The first-order valence-corrected chi connectivity index (χ1v) is 8.43. The van der Waals surface area contributed by atoms with Crippen molar-refractivity contribution in [1.82, 2.24) is 4.90 Å². The fourth-order valence-electron chi connectivity index (χ4n) is 2.80. The zero-order valence-corrected chi connectivity index (χ0v) is 13.4. The second kappa shape index (κ2) is 6.38. The number of nitrogens with zero attached hydrogens (tertiary/aromatic N) is 1. The Kier molecular flexibility index (Phi) is 5.04. The van der Waals surface area contributed by atoms with E-state index in [1.54, 1.807) is 4.88 Å². The van der Waals surface area contributed by atoms with Crippen LogP contribution in [0.2, 0.25) is 0 Å². The molecule has 0 bridgehead atoms. The predicted octanol–water partition coefficient (Wildman–Crippen LogP) is 3.90. The number of thiophene rings is 1. The van der Waals surface area contributed by atoms with E-state index in [4.69, 9.17) is 5.73 Å². The lowest BCUT2D eigenvalue weighted by Gasteiger charge is -2.37. The standard InChI is InChI=1S/C16H28N2S/c1-4-9-18(12-16(2,3)11-17)15(13-7-8-13)14-6-5-10-19-14/h5-6,10,13,15H,4,7-9,11-12,17H2,1-3H3. The van der Waals surface area contributed by atoms with E-state index in [1.807, 2.05) is 11.3 Å². The normalized spacial score (nSPS) is 17.9. The minimum Gasteiger partial charge on any atom is -0.330 e. The molecule has 2 nitrogen and oxygen atoms in total. The van der Waals surface area contributed by atoms with E-state index < -0.39 is 0 Å². The predicted molar refractivity (Wildman–Crippen MR) is 84.5 cm³/mol. The Morgan fingerprint density at radius 2 is 2.21 bits per heavy atom. The van der Waals surface area contributed by atoms with Crippen molar-refractivity contribution in [3.8, 4) is 0 Å². The molecule has 1 unspecified atom stereocenters. The molecular formula is C16H28N2S. The van der Waals surface area contributed by atoms with E-state index >= 15 is 0 Å². The summed E-state index contributed by atoms with van der Waals surface area (Å²) in [4.78, 5) is 4.24. The van der Waals surface area contributed by atoms with Gasteiger partial charge in [-0.05, 0) is 55.1 Å². The van der Waals surface area contributed by atoms with Crippen LogP contribution >= 0.6 is 11.3 Å². The highest BCUT2D eigenvalue weighted by molar-refractivity contribution is 7.10. The third kappa shape index (κ3) is 4.04. The van der Waals surface area contributed by atoms with Gasteiger partial charge in [-0.2, -0.15) is 0 Å². The summed E-state index contributed by atoms with van der Waals surface area (Å²) in [6.07, 6.45) is 4.01. The second-order valence-corrected chi connectivity index (χ2v) is 7.62. The molecule has 108 valence electrons. The lowest BCUT2D eigenvalue weighted by Crippen LogP contribution is -2.41. The molecule has 0 saturated heterocycles. The summed E-state index contributed by atoms with van der Waals surface area (Å²) in [5.41, 5.74) is 6.15. The van der Waals surface area contributed by atoms with Crippen molar-refractivity contribution < 1.29 is 0 Å². The first kappa shape index (κ1) is 15.0. The highest BCUT2D eigenvalue weighted by Crippen LogP contribution is 2.46. The lowest BCUT2D eigenvalue weighted by molar-refractivity contribution is 0.120. The van der Waals surface area contributed by atoms with Gasteiger partial charge in [0.2, 0.25) is 0 Å². The third-order valence-electron chi connectivity index (χ3n) is 3.99. The quantitative estimate of drug-likeness (QED) is 0.782. The Hall–Kier alpha value is -0.380. The van der Waals surface area contributed by atoms with Crippen LogP contribution in [0, 0.1) is 11.3 Å². The molecule has 1 atom stereocenters. The lowest BCUT2D eigenvalue weighted by atomic mass is 9.91. The van der Waals surface area contributed by atoms with Crippen LogP contribution in [-0.2, 0) is 0 Å². The first-order valence-electron chi connectivity index (χ1n) is 7.55. The molecule has 1 aromatic rings. The Bertz CT molecular complexity index is 368. The van der Waals surface area contributed by atoms with Gasteiger partial charge in [-0.15, -0.1) is 11.3 Å². The van der Waals surface area contributed by atoms with Gasteiger partial charge in [0.05, 0.1) is 0 Å². The van der Waals surface area contributed by atoms with Crippen molar-refractivity contribution in [2.75, 3.05) is 19.6 Å². The summed E-state index contributed by atoms with van der Waals surface area (Å²) in [7, 11) is 0. The molecular weight excluding hydrogens is 252 g/mol. The summed E-state index contributed by atoms with van der Waals surface area (Å²) in [5.74, 6) is 0.874. The fraction of sp³-hybridized carbons (Fsp3) is 0.750. The maximum Gasteiger partial charge on any atom is 0.0469 e. The van der Waals surface area contributed by atoms with E-state index in [0.717, 1.165) is 19.0 Å². The van der Waals surface area contributed by atoms with Crippen LogP contribution in [0.1, 0.15) is 51.0 Å². The maximum absolute atomic E-state index is 5.94. The van der Waals surface area contributed by atoms with Crippen LogP contribution < -0.4 is 5.73 Å². The molecule has 3 heteroatoms. The van der Waals surface area contributed by atoms with Gasteiger partial charge < -0.3 is 5.73 Å². The summed E-state index contributed by atoms with van der Waals surface area (Å²) in [5, 5.41) is 2.21. The zero-order chi connectivity index (χ0) is 13.9. The average Bonchev–Trinajstić information content (AvgIpc) is 3.04. The first-order chi connectivity index (χ1) is 9.07. The molecule has 19 heavy (non-hydrogen) atoms. The summed E-state index contributed by atoms with van der Waals surface area (Å²) in [6, 6.07) is 5.13. The number of hydrogen-bond acceptors (Lipinski definition) is 3. The van der Waals surface area contributed by atoms with Gasteiger partial charge in [-0.25, -0.2) is 0 Å². The van der Waals surface area contributed by atoms with E-state index in [2.05, 4.69) is 43.2 Å². The molecule has 0 amide bonds. The van der Waals surface area contributed by atoms with Gasteiger partial charge in [0.25, 0.3) is 0 Å². The van der Waals surface area contributed by atoms with E-state index in [0.29, 0.717) is 6.04 Å². The van der Waals surface area contributed by atoms with E-state index in [-0.39, 0.29) is 5.41 Å². The minimum absolute atomic E-state index is 0.208. The highest BCUT2D eigenvalue weighted by atomic mass is 32.1. The Balaban J connectivity index is 2.15. The molecule has 1 heterocycles. The van der Waals surface area contributed by atoms with Gasteiger partial charge in [0.15, 0.2) is 0 Å². The molecule has 1 aromatic heterocycles. The van der Waals surface area contributed by atoms with Crippen molar-refractivity contribution in [3.63, 3.8) is 0 Å². The van der Waals surface area contributed by atoms with E-state index in [9.17, 15) is 0 Å². The minimum atomic E-state index is 0.208. The number of hydrogen-bond donors (Lipinski definition) is 1. The van der Waals surface area contributed by atoms with Gasteiger partial charge in [-0.1, -0.05) is 26.8 Å². The van der Waals surface area contributed by atoms with E-state index in [1.165, 1.54) is 25.8 Å². The molecule has 0 spiro atoms. The number of rotatable bonds is 8. The van der Waals surface area contributed by atoms with Crippen LogP contribution in [0.15, 0.2) is 17.5 Å². The van der Waals surface area contributed by atoms with Crippen LogP contribution in [-0.4, -0.2) is 24.5 Å². The molecule has 1 fully saturated rings. The van der Waals surface area contributed by atoms with Crippen molar-refractivity contribution in [2.24, 2.45) is 17.1 Å². The molecule has 1 saturated carbocycles. The van der Waals surface area contributed by atoms with Crippen LogP contribution in [0.5, 0.6) is 0 Å². The van der Waals surface area contributed by atoms with Crippen molar-refractivity contribution in [3.05, 3.63) is 22.4 Å². The van der Waals surface area contributed by atoms with Crippen molar-refractivity contribution in [2.45, 2.75) is 46.1 Å². The largest absolute Gasteiger partial charge is 0.330 e. The SMILES string of the molecule is CCCN(CC(C)(C)CN)C(c1cccs1)C1CC1. The van der Waals surface area contributed by atoms with Gasteiger partial charge in [0.1, 0.15) is 0 Å². The fourth-order valence-corrected chi connectivity index (χ4v) is 3.75. The summed E-state index contributed by atoms with van der Waals surface area (Å²) >= 11 is 1.91. The van der Waals surface area contributed by atoms with Gasteiger partial charge in [-0.3, -0.25) is 4.90 Å². The maximum atomic E-state index is 5.94. The topological polar surface area (TPSA) is 29.3 Å².